The Morgan fingerprint density at radius 3 is 2.06 bits per heavy atom. The Labute approximate surface area is 279 Å². The molecule has 1 atom stereocenters. The number of hydrogen-bond donors (Lipinski definition) is 3. The maximum absolute atomic E-state index is 14.3. The molecule has 5 aromatic carbocycles. The Morgan fingerprint density at radius 2 is 1.48 bits per heavy atom. The fourth-order valence-electron chi connectivity index (χ4n) is 7.15. The lowest BCUT2D eigenvalue weighted by molar-refractivity contribution is 0.0479. The third-order valence-electron chi connectivity index (χ3n) is 9.15. The van der Waals surface area contributed by atoms with Gasteiger partial charge in [0.15, 0.2) is 5.72 Å². The number of nitrogens with zero attached hydrogens (tertiary/aromatic N) is 4. The van der Waals surface area contributed by atoms with Gasteiger partial charge in [0.05, 0.1) is 17.6 Å². The van der Waals surface area contributed by atoms with Crippen LogP contribution in [0.4, 0.5) is 10.1 Å². The average Bonchev–Trinajstić information content (AvgIpc) is 3.78. The number of nitrogens with one attached hydrogen (secondary N) is 1. The van der Waals surface area contributed by atoms with E-state index in [0.29, 0.717) is 22.3 Å². The van der Waals surface area contributed by atoms with Gasteiger partial charge in [-0.05, 0) is 41.0 Å². The van der Waals surface area contributed by atoms with Gasteiger partial charge in [-0.2, -0.15) is 5.10 Å². The lowest BCUT2D eigenvalue weighted by Gasteiger charge is -2.37. The standard InChI is InChI=1S/C38H28ClFN6O2/c1-45-35(27-20-30(41)33-32(34(27)44-45)36(47)43-38(33,48)28-19-26(40)17-18-29(28)39)31-21-46(22-42-31)37(23-11-5-2-6-12-23,24-13-7-3-8-14-24)25-15-9-4-10-16-25/h2-22,48H,41H2,1H3,(H,43,47). The van der Waals surface area contributed by atoms with E-state index in [9.17, 15) is 14.3 Å². The van der Waals surface area contributed by atoms with Crippen LogP contribution in [0.15, 0.2) is 128 Å². The maximum atomic E-state index is 14.3. The van der Waals surface area contributed by atoms with Crippen molar-refractivity contribution in [2.75, 3.05) is 5.73 Å². The summed E-state index contributed by atoms with van der Waals surface area (Å²) >= 11 is 6.38. The molecule has 8 nitrogen and oxygen atoms in total. The molecule has 48 heavy (non-hydrogen) atoms. The molecular weight excluding hydrogens is 627 g/mol. The zero-order chi connectivity index (χ0) is 33.2. The lowest BCUT2D eigenvalue weighted by Crippen LogP contribution is -2.40. The molecule has 0 saturated carbocycles. The number of carbonyl (C=O) groups is 1. The van der Waals surface area contributed by atoms with E-state index < -0.39 is 23.0 Å². The van der Waals surface area contributed by atoms with Gasteiger partial charge in [0, 0.05) is 40.5 Å². The van der Waals surface area contributed by atoms with Gasteiger partial charge in [0.2, 0.25) is 0 Å². The van der Waals surface area contributed by atoms with Gasteiger partial charge < -0.3 is 20.7 Å². The van der Waals surface area contributed by atoms with Gasteiger partial charge in [-0.3, -0.25) is 9.48 Å². The molecule has 1 amide bonds. The molecule has 10 heteroatoms. The minimum absolute atomic E-state index is 0.0312. The highest BCUT2D eigenvalue weighted by atomic mass is 35.5. The van der Waals surface area contributed by atoms with Crippen molar-refractivity contribution in [2.45, 2.75) is 11.3 Å². The van der Waals surface area contributed by atoms with E-state index in [1.165, 1.54) is 12.1 Å². The Balaban J connectivity index is 1.35. The highest BCUT2D eigenvalue weighted by Crippen LogP contribution is 2.46. The fraction of sp³-hybridized carbons (Fsp3) is 0.0789. The van der Waals surface area contributed by atoms with Gasteiger partial charge in [0.1, 0.15) is 22.6 Å². The number of anilines is 1. The number of aromatic nitrogens is 4. The monoisotopic (exact) mass is 654 g/mol. The Bertz CT molecular complexity index is 2260. The molecule has 1 aliphatic rings. The number of fused-ring (bicyclic) bond motifs is 3. The zero-order valence-corrected chi connectivity index (χ0v) is 26.4. The second-order valence-corrected chi connectivity index (χ2v) is 12.3. The first-order valence-corrected chi connectivity index (χ1v) is 15.6. The molecule has 1 unspecified atom stereocenters. The first-order valence-electron chi connectivity index (χ1n) is 15.2. The van der Waals surface area contributed by atoms with E-state index in [1.807, 2.05) is 60.8 Å². The van der Waals surface area contributed by atoms with Crippen molar-refractivity contribution in [1.82, 2.24) is 24.6 Å². The molecule has 2 aromatic heterocycles. The van der Waals surface area contributed by atoms with E-state index in [0.717, 1.165) is 22.8 Å². The lowest BCUT2D eigenvalue weighted by atomic mass is 9.77. The van der Waals surface area contributed by atoms with Crippen LogP contribution in [0.25, 0.3) is 22.3 Å². The number of hydrogen-bond acceptors (Lipinski definition) is 5. The number of imidazole rings is 1. The quantitative estimate of drug-likeness (QED) is 0.138. The second kappa shape index (κ2) is 10.9. The maximum Gasteiger partial charge on any atom is 0.256 e. The molecule has 236 valence electrons. The average molecular weight is 655 g/mol. The Morgan fingerprint density at radius 1 is 0.896 bits per heavy atom. The van der Waals surface area contributed by atoms with Crippen LogP contribution in [-0.4, -0.2) is 30.3 Å². The summed E-state index contributed by atoms with van der Waals surface area (Å²) in [5, 5.41) is 19.8. The number of carbonyl (C=O) groups excluding carboxylic acids is 1. The summed E-state index contributed by atoms with van der Waals surface area (Å²) in [6.45, 7) is 0. The van der Waals surface area contributed by atoms with Gasteiger partial charge in [0.25, 0.3) is 5.91 Å². The van der Waals surface area contributed by atoms with Crippen LogP contribution in [-0.2, 0) is 18.3 Å². The van der Waals surface area contributed by atoms with Crippen molar-refractivity contribution in [3.8, 4) is 11.4 Å². The molecule has 3 heterocycles. The number of nitrogen functional groups attached to an aromatic ring is 1. The third-order valence-corrected chi connectivity index (χ3v) is 9.48. The van der Waals surface area contributed by atoms with E-state index >= 15 is 0 Å². The largest absolute Gasteiger partial charge is 0.398 e. The summed E-state index contributed by atoms with van der Waals surface area (Å²) < 4.78 is 18.1. The van der Waals surface area contributed by atoms with Crippen molar-refractivity contribution in [2.24, 2.45) is 7.05 Å². The Kier molecular flexibility index (Phi) is 6.73. The summed E-state index contributed by atoms with van der Waals surface area (Å²) in [7, 11) is 1.76. The van der Waals surface area contributed by atoms with Gasteiger partial charge in [-0.25, -0.2) is 9.37 Å². The predicted octanol–water partition coefficient (Wildman–Crippen LogP) is 6.59. The molecule has 4 N–H and O–H groups in total. The highest BCUT2D eigenvalue weighted by molar-refractivity contribution is 6.31. The molecule has 0 fully saturated rings. The third kappa shape index (κ3) is 4.21. The van der Waals surface area contributed by atoms with Gasteiger partial charge in [-0.1, -0.05) is 103 Å². The summed E-state index contributed by atoms with van der Waals surface area (Å²) in [4.78, 5) is 18.5. The van der Waals surface area contributed by atoms with Crippen LogP contribution in [0.3, 0.4) is 0 Å². The molecule has 7 aromatic rings. The normalized spacial score (nSPS) is 15.9. The van der Waals surface area contributed by atoms with Crippen molar-refractivity contribution in [3.63, 3.8) is 0 Å². The van der Waals surface area contributed by atoms with E-state index in [4.69, 9.17) is 27.4 Å². The minimum atomic E-state index is -2.16. The number of amides is 1. The summed E-state index contributed by atoms with van der Waals surface area (Å²) in [6, 6.07) is 36.0. The zero-order valence-electron chi connectivity index (χ0n) is 25.6. The molecule has 0 bridgehead atoms. The molecule has 1 aliphatic heterocycles. The SMILES string of the molecule is Cn1nc2c3c(c(N)cc2c1-c1cn(C(c2ccccc2)(c2ccccc2)c2ccccc2)cn1)C(O)(c1cc(F)ccc1Cl)NC3=O. The minimum Gasteiger partial charge on any atom is -0.398 e. The number of halogens is 2. The number of benzene rings is 5. The highest BCUT2D eigenvalue weighted by Gasteiger charge is 2.48. The number of nitrogens with two attached hydrogens (primary N) is 1. The van der Waals surface area contributed by atoms with Crippen LogP contribution in [0.1, 0.15) is 38.2 Å². The first-order chi connectivity index (χ1) is 23.2. The molecule has 0 spiro atoms. The van der Waals surface area contributed by atoms with Crippen molar-refractivity contribution < 1.29 is 14.3 Å². The van der Waals surface area contributed by atoms with E-state index in [-0.39, 0.29) is 27.4 Å². The molecule has 8 rings (SSSR count). The molecule has 0 aliphatic carbocycles. The first kappa shape index (κ1) is 29.6. The van der Waals surface area contributed by atoms with Crippen molar-refractivity contribution >= 4 is 34.1 Å². The van der Waals surface area contributed by atoms with E-state index in [2.05, 4.69) is 46.3 Å². The predicted molar refractivity (Wildman–Crippen MR) is 183 cm³/mol. The van der Waals surface area contributed by atoms with Crippen LogP contribution in [0.2, 0.25) is 5.02 Å². The van der Waals surface area contributed by atoms with Crippen LogP contribution < -0.4 is 11.1 Å². The van der Waals surface area contributed by atoms with Crippen LogP contribution in [0.5, 0.6) is 0 Å². The second-order valence-electron chi connectivity index (χ2n) is 11.8. The number of aryl methyl sites for hydroxylation is 1. The molecule has 0 radical (unpaired) electrons. The number of aliphatic hydroxyl groups is 1. The fourth-order valence-corrected chi connectivity index (χ4v) is 7.40. The van der Waals surface area contributed by atoms with Gasteiger partial charge >= 0.3 is 0 Å². The van der Waals surface area contributed by atoms with Crippen molar-refractivity contribution in [3.05, 3.63) is 172 Å². The smallest absolute Gasteiger partial charge is 0.256 e. The summed E-state index contributed by atoms with van der Waals surface area (Å²) in [6.07, 6.45) is 3.77. The van der Waals surface area contributed by atoms with Crippen LogP contribution in [0, 0.1) is 5.82 Å². The summed E-state index contributed by atoms with van der Waals surface area (Å²) in [5.41, 5.74) is 8.52. The molecular formula is C38H28ClFN6O2. The van der Waals surface area contributed by atoms with Crippen LogP contribution >= 0.6 is 11.6 Å². The Hall–Kier alpha value is -5.77. The van der Waals surface area contributed by atoms with Gasteiger partial charge in [-0.15, -0.1) is 0 Å². The number of rotatable bonds is 6. The molecule has 0 saturated heterocycles. The summed E-state index contributed by atoms with van der Waals surface area (Å²) in [5.74, 6) is -1.24. The topological polar surface area (TPSA) is 111 Å². The van der Waals surface area contributed by atoms with E-state index in [1.54, 1.807) is 24.1 Å². The van der Waals surface area contributed by atoms with Crippen molar-refractivity contribution in [1.29, 1.82) is 0 Å².